The van der Waals surface area contributed by atoms with Gasteiger partial charge in [0.25, 0.3) is 17.7 Å². The van der Waals surface area contributed by atoms with Crippen LogP contribution in [0, 0.1) is 17.5 Å². The minimum absolute atomic E-state index is 0.278. The molecule has 0 aliphatic carbocycles. The van der Waals surface area contributed by atoms with Crippen molar-refractivity contribution in [1.29, 1.82) is 0 Å². The number of halogens is 7. The molecule has 0 spiro atoms. The van der Waals surface area contributed by atoms with Gasteiger partial charge in [0.05, 0.1) is 10.0 Å². The highest BCUT2D eigenvalue weighted by atomic mass is 35.5. The van der Waals surface area contributed by atoms with E-state index in [1.807, 2.05) is 24.3 Å². The predicted molar refractivity (Wildman–Crippen MR) is 212 cm³/mol. The summed E-state index contributed by atoms with van der Waals surface area (Å²) in [4.78, 5) is 35.3. The number of carbonyl (C=O) groups is 3. The second-order valence-electron chi connectivity index (χ2n) is 11.6. The molecular formula is C42H32Cl4F3N3O3. The third-order valence-corrected chi connectivity index (χ3v) is 8.63. The Kier molecular flexibility index (Phi) is 16.6. The summed E-state index contributed by atoms with van der Waals surface area (Å²) in [6.07, 6.45) is 0. The molecule has 6 aromatic carbocycles. The molecule has 0 aromatic heterocycles. The molecule has 6 rings (SSSR count). The van der Waals surface area contributed by atoms with E-state index < -0.39 is 17.5 Å². The lowest BCUT2D eigenvalue weighted by Gasteiger charge is -2.06. The van der Waals surface area contributed by atoms with Crippen molar-refractivity contribution in [3.8, 4) is 0 Å². The Morgan fingerprint density at radius 2 is 0.800 bits per heavy atom. The van der Waals surface area contributed by atoms with E-state index in [2.05, 4.69) is 16.0 Å². The molecule has 0 aliphatic heterocycles. The van der Waals surface area contributed by atoms with Crippen LogP contribution in [0.25, 0.3) is 0 Å². The molecule has 0 saturated carbocycles. The first-order valence-electron chi connectivity index (χ1n) is 16.4. The SMILES string of the molecule is O=C(NCc1ccc(Cl)c(Cl)c1)c1cccc(F)c1.O=C(NCc1ccc(Cl)cc1)c1cccc(F)c1.O=C(NCc1cccc(Cl)c1)c1cccc(F)c1. The first-order valence-corrected chi connectivity index (χ1v) is 17.9. The van der Waals surface area contributed by atoms with E-state index in [-0.39, 0.29) is 23.3 Å². The van der Waals surface area contributed by atoms with Crippen LogP contribution in [0.3, 0.4) is 0 Å². The van der Waals surface area contributed by atoms with Crippen molar-refractivity contribution in [2.75, 3.05) is 0 Å². The van der Waals surface area contributed by atoms with Crippen LogP contribution >= 0.6 is 46.4 Å². The molecule has 6 nitrogen and oxygen atoms in total. The molecule has 13 heteroatoms. The van der Waals surface area contributed by atoms with E-state index in [1.54, 1.807) is 60.7 Å². The summed E-state index contributed by atoms with van der Waals surface area (Å²) in [5.41, 5.74) is 3.54. The molecule has 3 N–H and O–H groups in total. The molecule has 55 heavy (non-hydrogen) atoms. The maximum absolute atomic E-state index is 13.0. The van der Waals surface area contributed by atoms with E-state index in [0.717, 1.165) is 16.7 Å². The topological polar surface area (TPSA) is 87.3 Å². The summed E-state index contributed by atoms with van der Waals surface area (Å²) in [6.45, 7) is 1.04. The quantitative estimate of drug-likeness (QED) is 0.136. The van der Waals surface area contributed by atoms with Crippen LogP contribution in [0.15, 0.2) is 140 Å². The summed E-state index contributed by atoms with van der Waals surface area (Å²) in [5, 5.41) is 10.3. The zero-order valence-corrected chi connectivity index (χ0v) is 31.8. The van der Waals surface area contributed by atoms with Crippen LogP contribution in [0.5, 0.6) is 0 Å². The fourth-order valence-corrected chi connectivity index (χ4v) is 5.30. The summed E-state index contributed by atoms with van der Waals surface area (Å²) < 4.78 is 38.9. The summed E-state index contributed by atoms with van der Waals surface area (Å²) >= 11 is 23.3. The fraction of sp³-hybridized carbons (Fsp3) is 0.0714. The summed E-state index contributed by atoms with van der Waals surface area (Å²) in [6, 6.07) is 36.1. The van der Waals surface area contributed by atoms with Gasteiger partial charge in [-0.25, -0.2) is 13.2 Å². The molecule has 0 saturated heterocycles. The highest BCUT2D eigenvalue weighted by Crippen LogP contribution is 2.22. The minimum atomic E-state index is -0.442. The van der Waals surface area contributed by atoms with Crippen LogP contribution in [-0.4, -0.2) is 17.7 Å². The first-order chi connectivity index (χ1) is 26.4. The third kappa shape index (κ3) is 14.8. The number of hydrogen-bond donors (Lipinski definition) is 3. The number of carbonyl (C=O) groups excluding carboxylic acids is 3. The number of benzene rings is 6. The molecule has 0 heterocycles. The Morgan fingerprint density at radius 1 is 0.400 bits per heavy atom. The molecular weight excluding hydrogens is 793 g/mol. The highest BCUT2D eigenvalue weighted by Gasteiger charge is 2.09. The van der Waals surface area contributed by atoms with Crippen molar-refractivity contribution in [2.45, 2.75) is 19.6 Å². The van der Waals surface area contributed by atoms with Crippen LogP contribution in [-0.2, 0) is 19.6 Å². The van der Waals surface area contributed by atoms with Crippen molar-refractivity contribution in [3.63, 3.8) is 0 Å². The maximum atomic E-state index is 13.0. The van der Waals surface area contributed by atoms with E-state index in [1.165, 1.54) is 54.6 Å². The maximum Gasteiger partial charge on any atom is 0.251 e. The number of amides is 3. The zero-order valence-electron chi connectivity index (χ0n) is 28.8. The third-order valence-electron chi connectivity index (χ3n) is 7.41. The van der Waals surface area contributed by atoms with Gasteiger partial charge in [-0.05, 0) is 108 Å². The summed E-state index contributed by atoms with van der Waals surface area (Å²) in [7, 11) is 0. The Morgan fingerprint density at radius 3 is 1.22 bits per heavy atom. The molecule has 0 fully saturated rings. The van der Waals surface area contributed by atoms with Gasteiger partial charge in [-0.3, -0.25) is 14.4 Å². The first kappa shape index (κ1) is 42.4. The number of hydrogen-bond acceptors (Lipinski definition) is 3. The molecule has 3 amide bonds. The Labute approximate surface area is 336 Å². The standard InChI is InChI=1S/C14H10Cl2FNO.2C14H11ClFNO/c15-12-5-4-9(6-13(12)16)8-18-14(19)10-2-1-3-11(17)7-10;15-12-5-1-3-10(7-12)9-17-14(18)11-4-2-6-13(16)8-11;15-12-6-4-10(5-7-12)9-17-14(18)11-2-1-3-13(16)8-11/h1-7H,8H2,(H,18,19);2*1-8H,9H2,(H,17,18). The van der Waals surface area contributed by atoms with E-state index >= 15 is 0 Å². The monoisotopic (exact) mass is 823 g/mol. The fourth-order valence-electron chi connectivity index (χ4n) is 4.64. The largest absolute Gasteiger partial charge is 0.348 e. The van der Waals surface area contributed by atoms with Crippen molar-refractivity contribution in [2.24, 2.45) is 0 Å². The van der Waals surface area contributed by atoms with Crippen LogP contribution in [0.4, 0.5) is 13.2 Å². The normalized spacial score (nSPS) is 10.2. The van der Waals surface area contributed by atoms with Gasteiger partial charge < -0.3 is 16.0 Å². The number of rotatable bonds is 9. The molecule has 0 aliphatic rings. The molecule has 0 bridgehead atoms. The highest BCUT2D eigenvalue weighted by molar-refractivity contribution is 6.42. The van der Waals surface area contributed by atoms with Gasteiger partial charge in [-0.15, -0.1) is 0 Å². The second-order valence-corrected chi connectivity index (χ2v) is 13.3. The van der Waals surface area contributed by atoms with Crippen LogP contribution < -0.4 is 16.0 Å². The van der Waals surface area contributed by atoms with Gasteiger partial charge in [-0.2, -0.15) is 0 Å². The van der Waals surface area contributed by atoms with Gasteiger partial charge in [0.1, 0.15) is 17.5 Å². The van der Waals surface area contributed by atoms with Crippen molar-refractivity contribution in [1.82, 2.24) is 16.0 Å². The lowest BCUT2D eigenvalue weighted by molar-refractivity contribution is 0.0942. The van der Waals surface area contributed by atoms with Gasteiger partial charge in [0, 0.05) is 46.4 Å². The predicted octanol–water partition coefficient (Wildman–Crippen LogP) is 10.9. The van der Waals surface area contributed by atoms with Gasteiger partial charge in [-0.1, -0.05) is 94.9 Å². The lowest BCUT2D eigenvalue weighted by atomic mass is 10.2. The van der Waals surface area contributed by atoms with Gasteiger partial charge >= 0.3 is 0 Å². The Hall–Kier alpha value is -5.32. The Balaban J connectivity index is 0.000000184. The second kappa shape index (κ2) is 21.5. The Bertz CT molecular complexity index is 2240. The van der Waals surface area contributed by atoms with Gasteiger partial charge in [0.15, 0.2) is 0 Å². The van der Waals surface area contributed by atoms with Gasteiger partial charge in [0.2, 0.25) is 0 Å². The molecule has 0 radical (unpaired) electrons. The molecule has 6 aromatic rings. The zero-order chi connectivity index (χ0) is 39.7. The average molecular weight is 826 g/mol. The van der Waals surface area contributed by atoms with Crippen LogP contribution in [0.1, 0.15) is 47.8 Å². The smallest absolute Gasteiger partial charge is 0.251 e. The lowest BCUT2D eigenvalue weighted by Crippen LogP contribution is -2.22. The van der Waals surface area contributed by atoms with Crippen molar-refractivity contribution < 1.29 is 27.6 Å². The molecule has 282 valence electrons. The molecule has 0 atom stereocenters. The minimum Gasteiger partial charge on any atom is -0.348 e. The average Bonchev–Trinajstić information content (AvgIpc) is 3.17. The van der Waals surface area contributed by atoms with Crippen LogP contribution in [0.2, 0.25) is 20.1 Å². The number of nitrogens with one attached hydrogen (secondary N) is 3. The molecule has 0 unspecified atom stereocenters. The van der Waals surface area contributed by atoms with E-state index in [4.69, 9.17) is 46.4 Å². The van der Waals surface area contributed by atoms with E-state index in [9.17, 15) is 27.6 Å². The van der Waals surface area contributed by atoms with Crippen molar-refractivity contribution in [3.05, 3.63) is 210 Å². The van der Waals surface area contributed by atoms with E-state index in [0.29, 0.717) is 50.9 Å². The van der Waals surface area contributed by atoms with Crippen molar-refractivity contribution >= 4 is 64.1 Å². The summed E-state index contributed by atoms with van der Waals surface area (Å²) in [5.74, 6) is -2.24.